The molecule has 174 valence electrons. The van der Waals surface area contributed by atoms with Crippen LogP contribution in [0, 0.1) is 11.8 Å². The summed E-state index contributed by atoms with van der Waals surface area (Å²) in [5.74, 6) is 1.13. The fraction of sp³-hybridized carbons (Fsp3) is 0.360. The number of pyridine rings is 2. The van der Waals surface area contributed by atoms with E-state index in [2.05, 4.69) is 25.5 Å². The molecule has 0 radical (unpaired) electrons. The maximum atomic E-state index is 12.5. The first kappa shape index (κ1) is 17.7. The Labute approximate surface area is 200 Å². The molecule has 1 aromatic carbocycles. The number of aromatic nitrogens is 3. The zero-order chi connectivity index (χ0) is 25.9. The average Bonchev–Trinajstić information content (AvgIpc) is 3.40. The monoisotopic (exact) mass is 461 g/mol. The number of amides is 1. The minimum atomic E-state index is -2.44. The molecule has 2 fully saturated rings. The lowest BCUT2D eigenvalue weighted by Crippen LogP contribution is -2.51. The summed E-state index contributed by atoms with van der Waals surface area (Å²) in [7, 11) is 1.71. The second-order valence-electron chi connectivity index (χ2n) is 9.00. The molecule has 1 aliphatic carbocycles. The summed E-state index contributed by atoms with van der Waals surface area (Å²) in [5.41, 5.74) is 2.90. The molecule has 1 saturated carbocycles. The minimum absolute atomic E-state index is 0.0148. The highest BCUT2D eigenvalue weighted by Gasteiger charge is 2.39. The molecule has 1 aliphatic heterocycles. The van der Waals surface area contributed by atoms with E-state index < -0.39 is 6.98 Å². The molecule has 0 unspecified atom stereocenters. The number of hydrogen-bond donors (Lipinski definition) is 2. The maximum absolute atomic E-state index is 12.5. The van der Waals surface area contributed by atoms with E-state index in [1.54, 1.807) is 13.2 Å². The number of hydrogen-bond acceptors (Lipinski definition) is 8. The third-order valence-corrected chi connectivity index (χ3v) is 6.74. The Kier molecular flexibility index (Phi) is 4.14. The molecule has 2 aliphatic rings. The van der Waals surface area contributed by atoms with E-state index in [-0.39, 0.29) is 23.7 Å². The van der Waals surface area contributed by atoms with Crippen LogP contribution in [-0.4, -0.2) is 54.1 Å². The highest BCUT2D eigenvalue weighted by Crippen LogP contribution is 2.39. The van der Waals surface area contributed by atoms with Crippen LogP contribution in [0.15, 0.2) is 41.1 Å². The van der Waals surface area contributed by atoms with E-state index in [1.165, 1.54) is 12.4 Å². The number of fused-ring (bicyclic) bond motifs is 2. The number of anilines is 3. The van der Waals surface area contributed by atoms with Gasteiger partial charge in [-0.3, -0.25) is 4.79 Å². The predicted octanol–water partition coefficient (Wildman–Crippen LogP) is 3.91. The van der Waals surface area contributed by atoms with Crippen molar-refractivity contribution in [3.05, 3.63) is 36.7 Å². The Morgan fingerprint density at radius 1 is 1.24 bits per heavy atom. The molecule has 1 amide bonds. The Balaban J connectivity index is 1.40. The van der Waals surface area contributed by atoms with Gasteiger partial charge in [0.2, 0.25) is 11.8 Å². The number of nitrogens with zero attached hydrogens (tertiary/aromatic N) is 4. The van der Waals surface area contributed by atoms with Crippen molar-refractivity contribution in [3.8, 4) is 11.5 Å². The molecular weight excluding hydrogens is 432 g/mol. The molecule has 9 nitrogen and oxygen atoms in total. The first-order valence-corrected chi connectivity index (χ1v) is 11.2. The molecule has 2 N–H and O–H groups in total. The lowest BCUT2D eigenvalue weighted by Gasteiger charge is -2.39. The summed E-state index contributed by atoms with van der Waals surface area (Å²) in [4.78, 5) is 28.1. The van der Waals surface area contributed by atoms with Crippen LogP contribution in [0.2, 0.25) is 0 Å². The summed E-state index contributed by atoms with van der Waals surface area (Å²) in [6, 6.07) is 7.54. The van der Waals surface area contributed by atoms with Gasteiger partial charge in [-0.25, -0.2) is 15.0 Å². The third-order valence-electron chi connectivity index (χ3n) is 6.74. The topological polar surface area (TPSA) is 105 Å². The van der Waals surface area contributed by atoms with Gasteiger partial charge in [-0.1, -0.05) is 6.92 Å². The number of carbonyl (C=O) groups excluding carboxylic acids is 1. The van der Waals surface area contributed by atoms with Gasteiger partial charge in [-0.05, 0) is 36.6 Å². The van der Waals surface area contributed by atoms with Gasteiger partial charge >= 0.3 is 0 Å². The van der Waals surface area contributed by atoms with Crippen molar-refractivity contribution in [2.24, 2.45) is 11.8 Å². The van der Waals surface area contributed by atoms with Gasteiger partial charge in [0.15, 0.2) is 5.58 Å². The second-order valence-corrected chi connectivity index (χ2v) is 9.00. The standard InChI is InChI=1S/C25H26N6O3/c1-13-6-16(13)24(32)30-22-8-17-18(9-27-22)23(26-2)28-10-19(17)25-29-20-7-14(4-5-21(20)34-25)31-11-15(12-31)33-3/h4-5,7-10,13,15-16H,6,11-12H2,1-3H3,(H,26,28)(H,27,30,32)/t13-,16+/m1/s1/i2D3. The van der Waals surface area contributed by atoms with E-state index in [9.17, 15) is 4.79 Å². The van der Waals surface area contributed by atoms with Crippen LogP contribution in [0.3, 0.4) is 0 Å². The van der Waals surface area contributed by atoms with Gasteiger partial charge in [-0.2, -0.15) is 0 Å². The summed E-state index contributed by atoms with van der Waals surface area (Å²) in [6.07, 6.45) is 4.11. The summed E-state index contributed by atoms with van der Waals surface area (Å²) < 4.78 is 34.3. The number of oxazole rings is 1. The molecule has 0 spiro atoms. The molecule has 4 aromatic rings. The van der Waals surface area contributed by atoms with Crippen molar-refractivity contribution in [1.82, 2.24) is 15.0 Å². The number of benzene rings is 1. The molecule has 9 heteroatoms. The quantitative estimate of drug-likeness (QED) is 0.445. The fourth-order valence-electron chi connectivity index (χ4n) is 4.41. The van der Waals surface area contributed by atoms with Crippen LogP contribution in [0.25, 0.3) is 33.3 Å². The summed E-state index contributed by atoms with van der Waals surface area (Å²) >= 11 is 0. The van der Waals surface area contributed by atoms with Crippen LogP contribution in [0.5, 0.6) is 0 Å². The fourth-order valence-corrected chi connectivity index (χ4v) is 4.41. The molecule has 0 bridgehead atoms. The van der Waals surface area contributed by atoms with Crippen molar-refractivity contribution >= 4 is 45.1 Å². The lowest BCUT2D eigenvalue weighted by atomic mass is 10.1. The molecule has 2 atom stereocenters. The Morgan fingerprint density at radius 2 is 2.09 bits per heavy atom. The molecule has 4 heterocycles. The summed E-state index contributed by atoms with van der Waals surface area (Å²) in [6.45, 7) is 1.23. The first-order valence-electron chi connectivity index (χ1n) is 12.7. The maximum Gasteiger partial charge on any atom is 0.229 e. The average molecular weight is 462 g/mol. The number of methoxy groups -OCH3 is 1. The SMILES string of the molecule is [2H]C([2H])([2H])Nc1ncc(-c2nc3cc(N4CC(OC)C4)ccc3o2)c2cc(NC(=O)[C@H]3C[C@H]3C)ncc12. The number of nitrogens with one attached hydrogen (secondary N) is 2. The van der Waals surface area contributed by atoms with Crippen LogP contribution < -0.4 is 15.5 Å². The van der Waals surface area contributed by atoms with Gasteiger partial charge in [0.1, 0.15) is 17.2 Å². The van der Waals surface area contributed by atoms with Crippen molar-refractivity contribution in [3.63, 3.8) is 0 Å². The number of ether oxygens (including phenoxy) is 1. The first-order chi connectivity index (χ1) is 17.7. The Bertz CT molecular complexity index is 1520. The van der Waals surface area contributed by atoms with E-state index in [1.807, 2.05) is 25.1 Å². The highest BCUT2D eigenvalue weighted by molar-refractivity contribution is 6.03. The molecule has 1 saturated heterocycles. The van der Waals surface area contributed by atoms with Crippen LogP contribution in [0.4, 0.5) is 17.3 Å². The molecular formula is C25H26N6O3. The third kappa shape index (κ3) is 3.52. The van der Waals surface area contributed by atoms with Crippen molar-refractivity contribution in [2.75, 3.05) is 42.7 Å². The minimum Gasteiger partial charge on any atom is -0.436 e. The van der Waals surface area contributed by atoms with Crippen molar-refractivity contribution in [2.45, 2.75) is 19.4 Å². The van der Waals surface area contributed by atoms with Crippen LogP contribution in [0.1, 0.15) is 17.5 Å². The van der Waals surface area contributed by atoms with E-state index in [4.69, 9.17) is 18.3 Å². The van der Waals surface area contributed by atoms with Gasteiger partial charge in [0, 0.05) is 66.1 Å². The lowest BCUT2D eigenvalue weighted by molar-refractivity contribution is -0.117. The summed E-state index contributed by atoms with van der Waals surface area (Å²) in [5, 5.41) is 6.41. The highest BCUT2D eigenvalue weighted by atomic mass is 16.5. The van der Waals surface area contributed by atoms with E-state index in [0.29, 0.717) is 45.1 Å². The van der Waals surface area contributed by atoms with Crippen molar-refractivity contribution in [1.29, 1.82) is 0 Å². The van der Waals surface area contributed by atoms with E-state index in [0.717, 1.165) is 25.2 Å². The largest absolute Gasteiger partial charge is 0.436 e. The van der Waals surface area contributed by atoms with Crippen LogP contribution >= 0.6 is 0 Å². The Hall–Kier alpha value is -3.72. The zero-order valence-electron chi connectivity index (χ0n) is 21.8. The zero-order valence-corrected chi connectivity index (χ0v) is 18.8. The van der Waals surface area contributed by atoms with Crippen LogP contribution in [-0.2, 0) is 9.53 Å². The number of carbonyl (C=O) groups is 1. The molecule has 34 heavy (non-hydrogen) atoms. The Morgan fingerprint density at radius 3 is 2.85 bits per heavy atom. The van der Waals surface area contributed by atoms with Gasteiger partial charge in [0.25, 0.3) is 0 Å². The normalized spacial score (nSPS) is 21.6. The van der Waals surface area contributed by atoms with Gasteiger partial charge < -0.3 is 24.7 Å². The second kappa shape index (κ2) is 7.95. The molecule has 6 rings (SSSR count). The smallest absolute Gasteiger partial charge is 0.229 e. The molecule has 3 aromatic heterocycles. The number of rotatable bonds is 6. The van der Waals surface area contributed by atoms with Gasteiger partial charge in [0.05, 0.1) is 11.7 Å². The van der Waals surface area contributed by atoms with E-state index >= 15 is 0 Å². The van der Waals surface area contributed by atoms with Crippen molar-refractivity contribution < 1.29 is 18.1 Å². The predicted molar refractivity (Wildman–Crippen MR) is 131 cm³/mol. The van der Waals surface area contributed by atoms with Gasteiger partial charge in [-0.15, -0.1) is 0 Å².